The monoisotopic (exact) mass is 266 g/mol. The Kier molecular flexibility index (Phi) is 4.39. The number of benzene rings is 2. The first-order chi connectivity index (χ1) is 9.66. The van der Waals surface area contributed by atoms with Crippen LogP contribution in [0.1, 0.15) is 11.1 Å². The molecule has 4 nitrogen and oxygen atoms in total. The van der Waals surface area contributed by atoms with Crippen LogP contribution in [0.3, 0.4) is 0 Å². The molecule has 0 unspecified atom stereocenters. The van der Waals surface area contributed by atoms with E-state index in [-0.39, 0.29) is 5.69 Å². The lowest BCUT2D eigenvalue weighted by Crippen LogP contribution is -1.87. The van der Waals surface area contributed by atoms with Gasteiger partial charge >= 0.3 is 0 Å². The molecule has 0 atom stereocenters. The van der Waals surface area contributed by atoms with Crippen LogP contribution in [-0.2, 0) is 0 Å². The Balaban J connectivity index is 2.13. The summed E-state index contributed by atoms with van der Waals surface area (Å²) in [4.78, 5) is 14.5. The van der Waals surface area contributed by atoms with Gasteiger partial charge in [0.05, 0.1) is 10.6 Å². The van der Waals surface area contributed by atoms with Crippen LogP contribution in [0.5, 0.6) is 0 Å². The highest BCUT2D eigenvalue weighted by Gasteiger charge is 2.06. The number of allylic oxidation sites excluding steroid dienone is 1. The van der Waals surface area contributed by atoms with E-state index in [2.05, 4.69) is 4.99 Å². The van der Waals surface area contributed by atoms with E-state index in [0.29, 0.717) is 5.69 Å². The second-order valence-corrected chi connectivity index (χ2v) is 4.28. The van der Waals surface area contributed by atoms with Crippen molar-refractivity contribution in [2.24, 2.45) is 4.99 Å². The highest BCUT2D eigenvalue weighted by molar-refractivity contribution is 5.81. The zero-order chi connectivity index (χ0) is 14.4. The van der Waals surface area contributed by atoms with Crippen LogP contribution in [-0.4, -0.2) is 11.1 Å². The third-order valence-electron chi connectivity index (χ3n) is 2.79. The predicted octanol–water partition coefficient (Wildman–Crippen LogP) is 4.32. The molecule has 0 spiro atoms. The topological polar surface area (TPSA) is 55.5 Å². The molecule has 0 radical (unpaired) electrons. The number of aryl methyl sites for hydroxylation is 1. The highest BCUT2D eigenvalue weighted by atomic mass is 16.6. The fourth-order valence-corrected chi connectivity index (χ4v) is 1.69. The minimum Gasteiger partial charge on any atom is -0.258 e. The van der Waals surface area contributed by atoms with Crippen molar-refractivity contribution in [3.05, 3.63) is 75.8 Å². The fraction of sp³-hybridized carbons (Fsp3) is 0.0625. The van der Waals surface area contributed by atoms with Crippen LogP contribution in [0.4, 0.5) is 11.4 Å². The summed E-state index contributed by atoms with van der Waals surface area (Å²) >= 11 is 0. The molecular weight excluding hydrogens is 252 g/mol. The molecule has 0 aliphatic heterocycles. The van der Waals surface area contributed by atoms with Gasteiger partial charge in [-0.15, -0.1) is 0 Å². The van der Waals surface area contributed by atoms with Gasteiger partial charge in [-0.1, -0.05) is 42.5 Å². The standard InChI is InChI=1S/C16H14N2O2/c1-13-9-10-15(18(19)20)12-16(13)17-11-5-8-14-6-3-2-4-7-14/h2-12H,1H3/b8-5+,17-11?. The first kappa shape index (κ1) is 13.7. The number of hydrogen-bond donors (Lipinski definition) is 0. The average Bonchev–Trinajstić information content (AvgIpc) is 2.46. The van der Waals surface area contributed by atoms with Crippen molar-refractivity contribution in [1.29, 1.82) is 0 Å². The summed E-state index contributed by atoms with van der Waals surface area (Å²) in [5, 5.41) is 10.7. The lowest BCUT2D eigenvalue weighted by atomic mass is 10.2. The Hall–Kier alpha value is -2.75. The summed E-state index contributed by atoms with van der Waals surface area (Å²) in [6.45, 7) is 1.87. The third kappa shape index (κ3) is 3.62. The van der Waals surface area contributed by atoms with Crippen molar-refractivity contribution in [3.63, 3.8) is 0 Å². The van der Waals surface area contributed by atoms with Crippen molar-refractivity contribution in [2.45, 2.75) is 6.92 Å². The minimum atomic E-state index is -0.418. The molecule has 2 aromatic rings. The van der Waals surface area contributed by atoms with Gasteiger partial charge in [0.15, 0.2) is 0 Å². The summed E-state index contributed by atoms with van der Waals surface area (Å²) in [6.07, 6.45) is 5.38. The van der Waals surface area contributed by atoms with Crippen molar-refractivity contribution >= 4 is 23.7 Å². The van der Waals surface area contributed by atoms with Crippen LogP contribution in [0, 0.1) is 17.0 Å². The maximum Gasteiger partial charge on any atom is 0.271 e. The predicted molar refractivity (Wildman–Crippen MR) is 81.5 cm³/mol. The molecular formula is C16H14N2O2. The number of rotatable bonds is 4. The number of nitro groups is 1. The molecule has 0 heterocycles. The quantitative estimate of drug-likeness (QED) is 0.470. The molecule has 0 aliphatic carbocycles. The van der Waals surface area contributed by atoms with Gasteiger partial charge in [0, 0.05) is 18.3 Å². The van der Waals surface area contributed by atoms with E-state index in [1.807, 2.05) is 49.4 Å². The van der Waals surface area contributed by atoms with Crippen LogP contribution in [0.2, 0.25) is 0 Å². The Bertz CT molecular complexity index is 661. The van der Waals surface area contributed by atoms with E-state index in [1.165, 1.54) is 12.1 Å². The molecule has 2 rings (SSSR count). The Morgan fingerprint density at radius 3 is 2.60 bits per heavy atom. The summed E-state index contributed by atoms with van der Waals surface area (Å²) < 4.78 is 0. The van der Waals surface area contributed by atoms with Crippen LogP contribution >= 0.6 is 0 Å². The van der Waals surface area contributed by atoms with Crippen LogP contribution in [0.25, 0.3) is 6.08 Å². The molecule has 0 N–H and O–H groups in total. The van der Waals surface area contributed by atoms with Gasteiger partial charge in [-0.25, -0.2) is 0 Å². The second-order valence-electron chi connectivity index (χ2n) is 4.28. The fourth-order valence-electron chi connectivity index (χ4n) is 1.69. The van der Waals surface area contributed by atoms with E-state index in [4.69, 9.17) is 0 Å². The van der Waals surface area contributed by atoms with Gasteiger partial charge in [-0.2, -0.15) is 0 Å². The normalized spacial score (nSPS) is 11.2. The van der Waals surface area contributed by atoms with Gasteiger partial charge in [-0.05, 0) is 24.1 Å². The van der Waals surface area contributed by atoms with E-state index in [1.54, 1.807) is 12.3 Å². The van der Waals surface area contributed by atoms with Gasteiger partial charge in [-0.3, -0.25) is 15.1 Å². The lowest BCUT2D eigenvalue weighted by Gasteiger charge is -1.98. The van der Waals surface area contributed by atoms with Gasteiger partial charge in [0.25, 0.3) is 5.69 Å². The average molecular weight is 266 g/mol. The highest BCUT2D eigenvalue weighted by Crippen LogP contribution is 2.24. The zero-order valence-electron chi connectivity index (χ0n) is 11.1. The molecule has 20 heavy (non-hydrogen) atoms. The zero-order valence-corrected chi connectivity index (χ0v) is 11.1. The molecule has 0 saturated carbocycles. The van der Waals surface area contributed by atoms with E-state index in [9.17, 15) is 10.1 Å². The Morgan fingerprint density at radius 2 is 1.90 bits per heavy atom. The van der Waals surface area contributed by atoms with Crippen molar-refractivity contribution < 1.29 is 4.92 Å². The van der Waals surface area contributed by atoms with E-state index < -0.39 is 4.92 Å². The molecule has 2 aromatic carbocycles. The largest absolute Gasteiger partial charge is 0.271 e. The van der Waals surface area contributed by atoms with Crippen LogP contribution < -0.4 is 0 Å². The van der Waals surface area contributed by atoms with Gasteiger partial charge < -0.3 is 0 Å². The third-order valence-corrected chi connectivity index (χ3v) is 2.79. The van der Waals surface area contributed by atoms with Crippen LogP contribution in [0.15, 0.2) is 59.6 Å². The maximum absolute atomic E-state index is 10.7. The first-order valence-corrected chi connectivity index (χ1v) is 6.17. The van der Waals surface area contributed by atoms with Crippen molar-refractivity contribution in [3.8, 4) is 0 Å². The van der Waals surface area contributed by atoms with Crippen molar-refractivity contribution in [2.75, 3.05) is 0 Å². The summed E-state index contributed by atoms with van der Waals surface area (Å²) in [5.74, 6) is 0. The SMILES string of the molecule is Cc1ccc([N+](=O)[O-])cc1N=C/C=C/c1ccccc1. The molecule has 0 saturated heterocycles. The molecule has 4 heteroatoms. The van der Waals surface area contributed by atoms with Crippen molar-refractivity contribution in [1.82, 2.24) is 0 Å². The molecule has 0 aliphatic rings. The van der Waals surface area contributed by atoms with E-state index >= 15 is 0 Å². The van der Waals surface area contributed by atoms with Gasteiger partial charge in [0.1, 0.15) is 0 Å². The molecule has 0 aromatic heterocycles. The minimum absolute atomic E-state index is 0.0507. The van der Waals surface area contributed by atoms with Gasteiger partial charge in [0.2, 0.25) is 0 Å². The number of non-ortho nitro benzene ring substituents is 1. The smallest absolute Gasteiger partial charge is 0.258 e. The first-order valence-electron chi connectivity index (χ1n) is 6.17. The Labute approximate surface area is 117 Å². The lowest BCUT2D eigenvalue weighted by molar-refractivity contribution is -0.384. The maximum atomic E-state index is 10.7. The number of nitro benzene ring substituents is 1. The second kappa shape index (κ2) is 6.43. The summed E-state index contributed by atoms with van der Waals surface area (Å²) in [5.41, 5.74) is 2.64. The molecule has 100 valence electrons. The number of aliphatic imine (C=N–C) groups is 1. The molecule has 0 amide bonds. The molecule has 0 bridgehead atoms. The number of nitrogens with zero attached hydrogens (tertiary/aromatic N) is 2. The Morgan fingerprint density at radius 1 is 1.15 bits per heavy atom. The summed E-state index contributed by atoms with van der Waals surface area (Å²) in [7, 11) is 0. The summed E-state index contributed by atoms with van der Waals surface area (Å²) in [6, 6.07) is 14.5. The molecule has 0 fully saturated rings. The van der Waals surface area contributed by atoms with E-state index in [0.717, 1.165) is 11.1 Å². The number of hydrogen-bond acceptors (Lipinski definition) is 3.